The van der Waals surface area contributed by atoms with Gasteiger partial charge >= 0.3 is 5.97 Å². The maximum atomic E-state index is 12.2. The minimum Gasteiger partial charge on any atom is -0.468 e. The highest BCUT2D eigenvalue weighted by Gasteiger charge is 2.43. The first kappa shape index (κ1) is 14.5. The lowest BCUT2D eigenvalue weighted by Crippen LogP contribution is -2.43. The molecule has 1 aliphatic carbocycles. The number of carbonyl (C=O) groups excluding carboxylic acids is 2. The summed E-state index contributed by atoms with van der Waals surface area (Å²) in [7, 11) is -2.51. The first-order valence-electron chi connectivity index (χ1n) is 6.55. The Bertz CT molecular complexity index is 473. The van der Waals surface area contributed by atoms with Crippen molar-refractivity contribution in [2.24, 2.45) is 5.92 Å². The van der Waals surface area contributed by atoms with E-state index in [2.05, 4.69) is 4.74 Å². The van der Waals surface area contributed by atoms with E-state index >= 15 is 0 Å². The molecule has 2 rings (SSSR count). The summed E-state index contributed by atoms with van der Waals surface area (Å²) in [6.07, 6.45) is 3.59. The molecule has 0 aromatic heterocycles. The van der Waals surface area contributed by atoms with E-state index in [0.717, 1.165) is 19.3 Å². The Balaban J connectivity index is 2.14. The molecule has 108 valence electrons. The van der Waals surface area contributed by atoms with Gasteiger partial charge in [-0.15, -0.1) is 0 Å². The Morgan fingerprint density at radius 2 is 2.11 bits per heavy atom. The minimum atomic E-state index is -3.67. The zero-order chi connectivity index (χ0) is 14.0. The zero-order valence-corrected chi connectivity index (χ0v) is 11.8. The molecule has 6 nitrogen and oxygen atoms in total. The van der Waals surface area contributed by atoms with Gasteiger partial charge in [0.2, 0.25) is 10.0 Å². The molecule has 0 spiro atoms. The van der Waals surface area contributed by atoms with Crippen LogP contribution < -0.4 is 0 Å². The molecule has 0 aromatic rings. The van der Waals surface area contributed by atoms with Gasteiger partial charge in [-0.3, -0.25) is 9.59 Å². The van der Waals surface area contributed by atoms with Crippen LogP contribution in [0.4, 0.5) is 0 Å². The van der Waals surface area contributed by atoms with Gasteiger partial charge in [0, 0.05) is 24.9 Å². The van der Waals surface area contributed by atoms with E-state index in [1.807, 2.05) is 0 Å². The van der Waals surface area contributed by atoms with Crippen LogP contribution in [0.25, 0.3) is 0 Å². The van der Waals surface area contributed by atoms with Gasteiger partial charge in [-0.05, 0) is 25.7 Å². The van der Waals surface area contributed by atoms with Crippen LogP contribution in [0.3, 0.4) is 0 Å². The van der Waals surface area contributed by atoms with Crippen molar-refractivity contribution < 1.29 is 22.7 Å². The van der Waals surface area contributed by atoms with E-state index in [1.165, 1.54) is 11.4 Å². The van der Waals surface area contributed by atoms with Crippen molar-refractivity contribution in [1.29, 1.82) is 0 Å². The highest BCUT2D eigenvalue weighted by Crippen LogP contribution is 2.34. The second kappa shape index (κ2) is 5.58. The number of ether oxygens (including phenoxy) is 1. The minimum absolute atomic E-state index is 0.158. The molecular formula is C12H19NO5S. The normalized spacial score (nSPS) is 28.8. The summed E-state index contributed by atoms with van der Waals surface area (Å²) in [4.78, 5) is 23.0. The maximum absolute atomic E-state index is 12.2. The fourth-order valence-electron chi connectivity index (χ4n) is 3.05. The molecule has 1 saturated heterocycles. The van der Waals surface area contributed by atoms with Crippen LogP contribution in [-0.2, 0) is 24.3 Å². The van der Waals surface area contributed by atoms with Gasteiger partial charge in [0.1, 0.15) is 5.78 Å². The number of carbonyl (C=O) groups is 2. The number of ketones is 1. The molecule has 2 fully saturated rings. The topological polar surface area (TPSA) is 80.8 Å². The Hall–Kier alpha value is -0.950. The largest absolute Gasteiger partial charge is 0.468 e. The van der Waals surface area contributed by atoms with Gasteiger partial charge in [0.15, 0.2) is 5.75 Å². The molecule has 2 unspecified atom stereocenters. The summed E-state index contributed by atoms with van der Waals surface area (Å²) in [5.74, 6) is -1.43. The van der Waals surface area contributed by atoms with E-state index in [-0.39, 0.29) is 17.7 Å². The highest BCUT2D eigenvalue weighted by atomic mass is 32.2. The number of sulfonamides is 1. The van der Waals surface area contributed by atoms with Crippen molar-refractivity contribution in [3.05, 3.63) is 0 Å². The molecule has 0 bridgehead atoms. The van der Waals surface area contributed by atoms with Crippen molar-refractivity contribution in [3.8, 4) is 0 Å². The lowest BCUT2D eigenvalue weighted by atomic mass is 9.96. The third-order valence-electron chi connectivity index (χ3n) is 3.95. The van der Waals surface area contributed by atoms with E-state index in [1.54, 1.807) is 0 Å². The molecule has 0 amide bonds. The summed E-state index contributed by atoms with van der Waals surface area (Å²) in [5.41, 5.74) is 0. The lowest BCUT2D eigenvalue weighted by molar-refractivity contribution is -0.137. The van der Waals surface area contributed by atoms with Crippen LogP contribution in [0.2, 0.25) is 0 Å². The van der Waals surface area contributed by atoms with Crippen LogP contribution in [0.1, 0.15) is 32.1 Å². The molecular weight excluding hydrogens is 270 g/mol. The molecule has 0 N–H and O–H groups in total. The third kappa shape index (κ3) is 2.97. The number of esters is 1. The van der Waals surface area contributed by atoms with Crippen molar-refractivity contribution in [2.75, 3.05) is 19.4 Å². The Morgan fingerprint density at radius 1 is 1.37 bits per heavy atom. The van der Waals surface area contributed by atoms with E-state index in [9.17, 15) is 18.0 Å². The summed E-state index contributed by atoms with van der Waals surface area (Å²) < 4.78 is 30.1. The monoisotopic (exact) mass is 289 g/mol. The van der Waals surface area contributed by atoms with E-state index in [4.69, 9.17) is 0 Å². The van der Waals surface area contributed by atoms with Crippen LogP contribution in [0.15, 0.2) is 0 Å². The number of hydrogen-bond donors (Lipinski definition) is 0. The lowest BCUT2D eigenvalue weighted by Gasteiger charge is -2.27. The molecule has 2 atom stereocenters. The van der Waals surface area contributed by atoms with Gasteiger partial charge in [-0.1, -0.05) is 0 Å². The van der Waals surface area contributed by atoms with Gasteiger partial charge in [0.25, 0.3) is 0 Å². The van der Waals surface area contributed by atoms with Crippen LogP contribution in [-0.4, -0.2) is 49.9 Å². The van der Waals surface area contributed by atoms with Crippen molar-refractivity contribution in [3.63, 3.8) is 0 Å². The maximum Gasteiger partial charge on any atom is 0.322 e. The second-order valence-electron chi connectivity index (χ2n) is 5.12. The average molecular weight is 289 g/mol. The van der Waals surface area contributed by atoms with Crippen LogP contribution in [0.5, 0.6) is 0 Å². The van der Waals surface area contributed by atoms with Crippen molar-refractivity contribution in [2.45, 2.75) is 38.1 Å². The molecule has 19 heavy (non-hydrogen) atoms. The molecule has 7 heteroatoms. The Labute approximate surface area is 113 Å². The molecule has 1 heterocycles. The molecule has 0 aromatic carbocycles. The number of methoxy groups -OCH3 is 1. The smallest absolute Gasteiger partial charge is 0.322 e. The zero-order valence-electron chi connectivity index (χ0n) is 11.0. The van der Waals surface area contributed by atoms with Gasteiger partial charge < -0.3 is 4.74 Å². The number of nitrogens with zero attached hydrogens (tertiary/aromatic N) is 1. The highest BCUT2D eigenvalue weighted by molar-refractivity contribution is 7.89. The average Bonchev–Trinajstić information content (AvgIpc) is 2.96. The van der Waals surface area contributed by atoms with Crippen molar-refractivity contribution in [1.82, 2.24) is 4.31 Å². The van der Waals surface area contributed by atoms with Crippen LogP contribution >= 0.6 is 0 Å². The number of hydrogen-bond acceptors (Lipinski definition) is 5. The van der Waals surface area contributed by atoms with Gasteiger partial charge in [-0.2, -0.15) is 4.31 Å². The number of Topliss-reactive ketones (excluding diaryl/α,β-unsaturated/α-hetero) is 1. The van der Waals surface area contributed by atoms with E-state index in [0.29, 0.717) is 19.4 Å². The fraction of sp³-hybridized carbons (Fsp3) is 0.833. The van der Waals surface area contributed by atoms with Gasteiger partial charge in [0.05, 0.1) is 7.11 Å². The molecule has 0 radical (unpaired) electrons. The van der Waals surface area contributed by atoms with Crippen LogP contribution in [0, 0.1) is 5.92 Å². The predicted octanol–water partition coefficient (Wildman–Crippen LogP) is 0.323. The van der Waals surface area contributed by atoms with Gasteiger partial charge in [-0.25, -0.2) is 8.42 Å². The SMILES string of the molecule is COC(=O)CS(=O)(=O)N1CCCC1C1CCCC1=O. The number of rotatable bonds is 4. The summed E-state index contributed by atoms with van der Waals surface area (Å²) >= 11 is 0. The standard InChI is InChI=1S/C12H19NO5S/c1-18-12(15)8-19(16,17)13-7-3-5-10(13)9-4-2-6-11(9)14/h9-10H,2-8H2,1H3. The third-order valence-corrected chi connectivity index (χ3v) is 5.72. The molecule has 1 aliphatic heterocycles. The summed E-state index contributed by atoms with van der Waals surface area (Å²) in [5, 5.41) is 0. The van der Waals surface area contributed by atoms with Crippen molar-refractivity contribution >= 4 is 21.8 Å². The van der Waals surface area contributed by atoms with E-state index < -0.39 is 21.7 Å². The first-order chi connectivity index (χ1) is 8.95. The predicted molar refractivity (Wildman–Crippen MR) is 67.9 cm³/mol. The Kier molecular flexibility index (Phi) is 4.25. The quantitative estimate of drug-likeness (QED) is 0.696. The summed E-state index contributed by atoms with van der Waals surface area (Å²) in [6.45, 7) is 0.397. The fourth-order valence-corrected chi connectivity index (χ4v) is 4.71. The summed E-state index contributed by atoms with van der Waals surface area (Å²) in [6, 6.07) is -0.260. The Morgan fingerprint density at radius 3 is 2.68 bits per heavy atom. The first-order valence-corrected chi connectivity index (χ1v) is 8.15. The molecule has 1 saturated carbocycles. The second-order valence-corrected chi connectivity index (χ2v) is 7.04. The molecule has 2 aliphatic rings.